The number of nitrogens with zero attached hydrogens (tertiary/aromatic N) is 3. The molecule has 5 nitrogen and oxygen atoms in total. The molecule has 0 saturated carbocycles. The number of aromatic amines is 1. The number of nitrogens with one attached hydrogen (secondary N) is 1. The topological polar surface area (TPSA) is 63.0 Å². The summed E-state index contributed by atoms with van der Waals surface area (Å²) >= 11 is 4.93. The Balaban J connectivity index is 2.05. The fourth-order valence-electron chi connectivity index (χ4n) is 2.07. The molecule has 3 heterocycles. The molecule has 0 radical (unpaired) electrons. The Kier molecular flexibility index (Phi) is 2.51. The Morgan fingerprint density at radius 3 is 2.80 bits per heavy atom. The summed E-state index contributed by atoms with van der Waals surface area (Å²) in [5.74, 6) is 0.545. The molecule has 1 aromatic carbocycles. The highest BCUT2D eigenvalue weighted by atomic mass is 79.9. The van der Waals surface area contributed by atoms with Crippen LogP contribution in [0.15, 0.2) is 45.0 Å². The van der Waals surface area contributed by atoms with E-state index in [1.165, 1.54) is 15.9 Å². The molecule has 20 heavy (non-hydrogen) atoms. The van der Waals surface area contributed by atoms with Gasteiger partial charge in [-0.15, -0.1) is 16.4 Å². The number of fused-ring (bicyclic) bond motifs is 3. The van der Waals surface area contributed by atoms with Crippen molar-refractivity contribution >= 4 is 43.1 Å². The van der Waals surface area contributed by atoms with Crippen molar-refractivity contribution < 1.29 is 0 Å². The summed E-state index contributed by atoms with van der Waals surface area (Å²) in [5.41, 5.74) is 1.99. The van der Waals surface area contributed by atoms with Crippen LogP contribution in [0.25, 0.3) is 27.3 Å². The Bertz CT molecular complexity index is 983. The molecule has 7 heteroatoms. The van der Waals surface area contributed by atoms with Gasteiger partial charge in [0.05, 0.1) is 10.2 Å². The van der Waals surface area contributed by atoms with Crippen LogP contribution >= 0.6 is 27.3 Å². The average Bonchev–Trinajstić information content (AvgIpc) is 3.05. The molecule has 0 aliphatic carbocycles. The van der Waals surface area contributed by atoms with Gasteiger partial charge in [-0.3, -0.25) is 0 Å². The van der Waals surface area contributed by atoms with Crippen LogP contribution in [0, 0.1) is 0 Å². The number of hydrogen-bond acceptors (Lipinski definition) is 4. The zero-order chi connectivity index (χ0) is 13.7. The van der Waals surface area contributed by atoms with Gasteiger partial charge in [0.1, 0.15) is 0 Å². The number of H-pyrrole nitrogens is 1. The monoisotopic (exact) mass is 346 g/mol. The van der Waals surface area contributed by atoms with Crippen LogP contribution in [-0.4, -0.2) is 19.6 Å². The summed E-state index contributed by atoms with van der Waals surface area (Å²) in [5, 5.41) is 6.22. The van der Waals surface area contributed by atoms with E-state index in [0.29, 0.717) is 11.5 Å². The van der Waals surface area contributed by atoms with Crippen molar-refractivity contribution in [3.63, 3.8) is 0 Å². The molecule has 0 saturated heterocycles. The molecule has 0 amide bonds. The zero-order valence-electron chi connectivity index (χ0n) is 10.0. The van der Waals surface area contributed by atoms with E-state index in [2.05, 4.69) is 31.0 Å². The first kappa shape index (κ1) is 11.8. The summed E-state index contributed by atoms with van der Waals surface area (Å²) < 4.78 is 3.24. The molecule has 0 unspecified atom stereocenters. The highest BCUT2D eigenvalue weighted by Gasteiger charge is 2.12. The highest BCUT2D eigenvalue weighted by Crippen LogP contribution is 2.24. The lowest BCUT2D eigenvalue weighted by atomic mass is 10.2. The Morgan fingerprint density at radius 1 is 1.20 bits per heavy atom. The molecule has 4 aromatic rings. The second-order valence-electron chi connectivity index (χ2n) is 4.27. The van der Waals surface area contributed by atoms with Crippen molar-refractivity contribution in [3.8, 4) is 11.4 Å². The van der Waals surface area contributed by atoms with Crippen molar-refractivity contribution in [1.29, 1.82) is 0 Å². The Morgan fingerprint density at radius 2 is 2.00 bits per heavy atom. The lowest BCUT2D eigenvalue weighted by Crippen LogP contribution is -2.16. The molecule has 0 atom stereocenters. The van der Waals surface area contributed by atoms with Crippen LogP contribution in [-0.2, 0) is 0 Å². The quantitative estimate of drug-likeness (QED) is 0.576. The second-order valence-corrected chi connectivity index (χ2v) is 6.10. The maximum Gasteiger partial charge on any atom is 0.348 e. The molecular formula is C13H7BrN4OS. The first-order valence-electron chi connectivity index (χ1n) is 5.84. The van der Waals surface area contributed by atoms with E-state index >= 15 is 0 Å². The number of thiophene rings is 1. The molecule has 3 aromatic heterocycles. The first-order chi connectivity index (χ1) is 9.72. The van der Waals surface area contributed by atoms with Gasteiger partial charge in [0.2, 0.25) is 0 Å². The summed E-state index contributed by atoms with van der Waals surface area (Å²) in [4.78, 5) is 19.3. The van der Waals surface area contributed by atoms with E-state index in [1.807, 2.05) is 35.7 Å². The standard InChI is InChI=1S/C13H7BrN4OS/c14-8-3-1-7(2-4-8)11-16-12-10-9(5-6-20-10)15-13(19)18(12)17-11/h1-6H,(H,15,19). The van der Waals surface area contributed by atoms with Crippen LogP contribution < -0.4 is 5.69 Å². The van der Waals surface area contributed by atoms with Crippen LogP contribution in [0.5, 0.6) is 0 Å². The van der Waals surface area contributed by atoms with Gasteiger partial charge in [-0.2, -0.15) is 4.52 Å². The predicted molar refractivity (Wildman–Crippen MR) is 82.1 cm³/mol. The van der Waals surface area contributed by atoms with Gasteiger partial charge in [0.25, 0.3) is 0 Å². The fourth-order valence-corrected chi connectivity index (χ4v) is 3.16. The smallest absolute Gasteiger partial charge is 0.304 e. The highest BCUT2D eigenvalue weighted by molar-refractivity contribution is 9.10. The SMILES string of the molecule is O=c1[nH]c2ccsc2c2nc(-c3ccc(Br)cc3)nn12. The molecule has 0 bridgehead atoms. The summed E-state index contributed by atoms with van der Waals surface area (Å²) in [7, 11) is 0. The van der Waals surface area contributed by atoms with Crippen molar-refractivity contribution in [3.05, 3.63) is 50.7 Å². The Labute approximate surface area is 125 Å². The van der Waals surface area contributed by atoms with Crippen LogP contribution in [0.3, 0.4) is 0 Å². The molecule has 0 fully saturated rings. The van der Waals surface area contributed by atoms with Crippen molar-refractivity contribution in [2.75, 3.05) is 0 Å². The number of rotatable bonds is 1. The lowest BCUT2D eigenvalue weighted by Gasteiger charge is -1.93. The third-order valence-electron chi connectivity index (χ3n) is 3.01. The normalized spacial score (nSPS) is 11.4. The zero-order valence-corrected chi connectivity index (χ0v) is 12.4. The van der Waals surface area contributed by atoms with Crippen molar-refractivity contribution in [2.45, 2.75) is 0 Å². The van der Waals surface area contributed by atoms with Crippen molar-refractivity contribution in [1.82, 2.24) is 19.6 Å². The number of aromatic nitrogens is 4. The van der Waals surface area contributed by atoms with E-state index in [9.17, 15) is 4.79 Å². The third kappa shape index (κ3) is 1.70. The van der Waals surface area contributed by atoms with Gasteiger partial charge < -0.3 is 4.98 Å². The molecular weight excluding hydrogens is 340 g/mol. The van der Waals surface area contributed by atoms with Gasteiger partial charge in [0, 0.05) is 10.0 Å². The number of benzene rings is 1. The van der Waals surface area contributed by atoms with Crippen molar-refractivity contribution in [2.24, 2.45) is 0 Å². The lowest BCUT2D eigenvalue weighted by molar-refractivity contribution is 0.886. The van der Waals surface area contributed by atoms with Gasteiger partial charge in [0.15, 0.2) is 11.5 Å². The molecule has 98 valence electrons. The number of halogens is 1. The molecule has 0 spiro atoms. The minimum Gasteiger partial charge on any atom is -0.304 e. The maximum absolute atomic E-state index is 12.0. The molecule has 0 aliphatic heterocycles. The molecule has 4 rings (SSSR count). The predicted octanol–water partition coefficient (Wildman–Crippen LogP) is 3.06. The second kappa shape index (κ2) is 4.26. The fraction of sp³-hybridized carbons (Fsp3) is 0. The van der Waals surface area contributed by atoms with E-state index in [0.717, 1.165) is 20.3 Å². The maximum atomic E-state index is 12.0. The minimum atomic E-state index is -0.276. The van der Waals surface area contributed by atoms with E-state index in [-0.39, 0.29) is 5.69 Å². The van der Waals surface area contributed by atoms with Gasteiger partial charge in [-0.05, 0) is 23.6 Å². The third-order valence-corrected chi connectivity index (χ3v) is 4.45. The average molecular weight is 347 g/mol. The Hall–Kier alpha value is -1.99. The molecule has 1 N–H and O–H groups in total. The first-order valence-corrected chi connectivity index (χ1v) is 7.52. The van der Waals surface area contributed by atoms with Crippen LogP contribution in [0.1, 0.15) is 0 Å². The summed E-state index contributed by atoms with van der Waals surface area (Å²) in [6.45, 7) is 0. The van der Waals surface area contributed by atoms with Crippen LogP contribution in [0.2, 0.25) is 0 Å². The number of hydrogen-bond donors (Lipinski definition) is 1. The van der Waals surface area contributed by atoms with E-state index in [4.69, 9.17) is 0 Å². The van der Waals surface area contributed by atoms with E-state index < -0.39 is 0 Å². The summed E-state index contributed by atoms with van der Waals surface area (Å²) in [6.07, 6.45) is 0. The minimum absolute atomic E-state index is 0.276. The van der Waals surface area contributed by atoms with Crippen LogP contribution in [0.4, 0.5) is 0 Å². The van der Waals surface area contributed by atoms with E-state index in [1.54, 1.807) is 0 Å². The van der Waals surface area contributed by atoms with Gasteiger partial charge >= 0.3 is 5.69 Å². The molecule has 0 aliphatic rings. The van der Waals surface area contributed by atoms with Gasteiger partial charge in [-0.1, -0.05) is 28.1 Å². The summed E-state index contributed by atoms with van der Waals surface area (Å²) in [6, 6.07) is 9.55. The van der Waals surface area contributed by atoms with Gasteiger partial charge in [-0.25, -0.2) is 9.78 Å². The largest absolute Gasteiger partial charge is 0.348 e.